The molecule has 8 rings (SSSR count). The Morgan fingerprint density at radius 1 is 0.608 bits per heavy atom. The third-order valence-corrected chi connectivity index (χ3v) is 24.8. The summed E-state index contributed by atoms with van der Waals surface area (Å²) in [5, 5.41) is 8.52. The number of fused-ring (bicyclic) bond motifs is 2. The van der Waals surface area contributed by atoms with E-state index >= 15 is 0 Å². The third-order valence-electron chi connectivity index (χ3n) is 13.7. The van der Waals surface area contributed by atoms with Crippen molar-refractivity contribution in [2.45, 2.75) is 137 Å². The zero-order chi connectivity index (χ0) is 58.0. The van der Waals surface area contributed by atoms with Gasteiger partial charge in [-0.1, -0.05) is 81.7 Å². The van der Waals surface area contributed by atoms with Crippen molar-refractivity contribution in [3.05, 3.63) is 70.9 Å². The van der Waals surface area contributed by atoms with Crippen molar-refractivity contribution in [2.75, 3.05) is 80.8 Å². The van der Waals surface area contributed by atoms with Crippen LogP contribution in [0.1, 0.15) is 88.0 Å². The number of halogens is 1. The molecule has 2 saturated heterocycles. The van der Waals surface area contributed by atoms with Crippen LogP contribution in [0.15, 0.2) is 66.0 Å². The second-order valence-corrected chi connectivity index (χ2v) is 36.9. The second-order valence-electron chi connectivity index (χ2n) is 24.6. The van der Waals surface area contributed by atoms with Gasteiger partial charge in [-0.25, -0.2) is 29.5 Å². The Balaban J connectivity index is 0.000000220. The number of benzene rings is 2. The number of ether oxygens (including phenoxy) is 4. The first-order chi connectivity index (χ1) is 36.9. The van der Waals surface area contributed by atoms with Gasteiger partial charge in [-0.3, -0.25) is 0 Å². The van der Waals surface area contributed by atoms with E-state index in [1.54, 1.807) is 22.7 Å². The molecule has 2 aromatic carbocycles. The normalized spacial score (nSPS) is 14.6. The van der Waals surface area contributed by atoms with Crippen LogP contribution in [0.2, 0.25) is 36.3 Å². The molecule has 2 N–H and O–H groups in total. The van der Waals surface area contributed by atoms with E-state index in [2.05, 4.69) is 140 Å². The molecule has 0 atom stereocenters. The Kier molecular flexibility index (Phi) is 21.5. The van der Waals surface area contributed by atoms with Crippen LogP contribution < -0.4 is 29.3 Å². The predicted molar refractivity (Wildman–Crippen MR) is 333 cm³/mol. The molecular formula is C58H85BrN8O8S2Si2. The number of alkyl halides is 1. The van der Waals surface area contributed by atoms with Gasteiger partial charge in [0.25, 0.3) is 0 Å². The van der Waals surface area contributed by atoms with Gasteiger partial charge >= 0.3 is 12.2 Å². The molecule has 21 heteroatoms. The first kappa shape index (κ1) is 63.3. The van der Waals surface area contributed by atoms with Gasteiger partial charge in [0.2, 0.25) is 16.6 Å². The van der Waals surface area contributed by atoms with E-state index in [-0.39, 0.29) is 16.2 Å². The fraction of sp³-hybridized carbons (Fsp3) is 0.552. The standard InChI is InChI=1S/C29H42N4O4SSi.C22H29N3O2SSi.C7H14BrNO2/c1-28(2,3)36-27(34)30-13-12-22-19-23-24(38-22)26(33-14-16-35-17-15-33)32-25(31-23)20-10-9-11-21(18-20)37-39(7,8)29(4,5)6;1-22(2,3)29(4,5)27-17-8-6-7-16(15-17)20-23-18-9-14-28-19(18)21(24-20)25-10-12-26-13-11-25;1-7(2,3)11-6(10)9-5-4-8/h9-11,18-19H,12-17H2,1-8H3,(H,30,34);6-9,14-15H,10-13H2,1-5H3;4-5H2,1-3H3,(H,9,10). The van der Waals surface area contributed by atoms with Crippen LogP contribution in [0.3, 0.4) is 0 Å². The van der Waals surface area contributed by atoms with Crippen molar-refractivity contribution in [3.8, 4) is 34.3 Å². The molecule has 0 radical (unpaired) electrons. The molecule has 2 amide bonds. The van der Waals surface area contributed by atoms with E-state index in [4.69, 9.17) is 47.7 Å². The number of morpholine rings is 2. The van der Waals surface area contributed by atoms with Crippen LogP contribution in [0.5, 0.6) is 11.5 Å². The van der Waals surface area contributed by atoms with Crippen molar-refractivity contribution >= 4 is 99.5 Å². The maximum atomic E-state index is 12.1. The van der Waals surface area contributed by atoms with Crippen molar-refractivity contribution in [3.63, 3.8) is 0 Å². The molecule has 0 bridgehead atoms. The lowest BCUT2D eigenvalue weighted by molar-refractivity contribution is 0.0518. The maximum absolute atomic E-state index is 12.1. The number of carbonyl (C=O) groups excluding carboxylic acids is 2. The van der Waals surface area contributed by atoms with E-state index < -0.39 is 33.9 Å². The van der Waals surface area contributed by atoms with E-state index in [0.717, 1.165) is 110 Å². The Morgan fingerprint density at radius 3 is 1.49 bits per heavy atom. The first-order valence-electron chi connectivity index (χ1n) is 27.2. The predicted octanol–water partition coefficient (Wildman–Crippen LogP) is 14.1. The molecule has 0 saturated carbocycles. The highest BCUT2D eigenvalue weighted by molar-refractivity contribution is 9.09. The van der Waals surface area contributed by atoms with Gasteiger partial charge in [-0.05, 0) is 126 Å². The van der Waals surface area contributed by atoms with Gasteiger partial charge in [-0.15, -0.1) is 22.7 Å². The second kappa shape index (κ2) is 26.8. The quantitative estimate of drug-likeness (QED) is 0.0826. The SMILES string of the molecule is CC(C)(C)OC(=O)NCCBr.CC(C)(C)OC(=O)NCCc1cc2nc(-c3cccc(O[Si](C)(C)C(C)(C)C)c3)nc(N3CCOCC3)c2s1.CC(C)(C)[Si](C)(C)Oc1cccc(-c2nc(N3CCOCC3)c3sccc3n2)c1. The summed E-state index contributed by atoms with van der Waals surface area (Å²) in [6.45, 7) is 40.8. The zero-order valence-electron chi connectivity index (χ0n) is 49.5. The summed E-state index contributed by atoms with van der Waals surface area (Å²) >= 11 is 6.57. The lowest BCUT2D eigenvalue weighted by atomic mass is 10.2. The van der Waals surface area contributed by atoms with Crippen LogP contribution >= 0.6 is 38.6 Å². The van der Waals surface area contributed by atoms with Crippen molar-refractivity contribution in [1.82, 2.24) is 30.6 Å². The highest BCUT2D eigenvalue weighted by Crippen LogP contribution is 2.41. The molecule has 16 nitrogen and oxygen atoms in total. The maximum Gasteiger partial charge on any atom is 0.407 e. The molecule has 0 unspecified atom stereocenters. The number of anilines is 2. The number of rotatable bonds is 13. The van der Waals surface area contributed by atoms with Crippen LogP contribution in [0.4, 0.5) is 21.2 Å². The topological polar surface area (TPSA) is 172 Å². The van der Waals surface area contributed by atoms with Gasteiger partial charge in [0.15, 0.2) is 23.3 Å². The van der Waals surface area contributed by atoms with Gasteiger partial charge in [-0.2, -0.15) is 0 Å². The Hall–Kier alpha value is -4.91. The smallest absolute Gasteiger partial charge is 0.407 e. The fourth-order valence-corrected chi connectivity index (χ4v) is 11.7. The van der Waals surface area contributed by atoms with Crippen LogP contribution in [0, 0.1) is 0 Å². The molecular weight excluding hydrogens is 1140 g/mol. The van der Waals surface area contributed by atoms with Crippen molar-refractivity contribution in [1.29, 1.82) is 0 Å². The first-order valence-corrected chi connectivity index (χ1v) is 35.8. The lowest BCUT2D eigenvalue weighted by Crippen LogP contribution is -2.43. The van der Waals surface area contributed by atoms with Crippen molar-refractivity contribution in [2.24, 2.45) is 0 Å². The highest BCUT2D eigenvalue weighted by atomic mass is 79.9. The Morgan fingerprint density at radius 2 is 1.05 bits per heavy atom. The number of hydrogen-bond donors (Lipinski definition) is 2. The minimum atomic E-state index is -1.98. The number of amides is 2. The van der Waals surface area contributed by atoms with E-state index in [0.29, 0.717) is 38.5 Å². The Bertz CT molecular complexity index is 2970. The van der Waals surface area contributed by atoms with Crippen molar-refractivity contribution < 1.29 is 37.4 Å². The van der Waals surface area contributed by atoms with Crippen LogP contribution in [0.25, 0.3) is 43.2 Å². The number of hydrogen-bond acceptors (Lipinski definition) is 16. The minimum absolute atomic E-state index is 0.104. The van der Waals surface area contributed by atoms with Gasteiger partial charge in [0, 0.05) is 60.6 Å². The summed E-state index contributed by atoms with van der Waals surface area (Å²) in [7, 11) is -3.88. The fourth-order valence-electron chi connectivity index (χ4n) is 7.53. The molecule has 2 aliphatic rings. The minimum Gasteiger partial charge on any atom is -0.543 e. The number of carbonyl (C=O) groups is 2. The summed E-state index contributed by atoms with van der Waals surface area (Å²) in [5.41, 5.74) is 2.90. The largest absolute Gasteiger partial charge is 0.543 e. The van der Waals surface area contributed by atoms with E-state index in [1.165, 1.54) is 0 Å². The molecule has 2 aliphatic heterocycles. The molecule has 2 fully saturated rings. The summed E-state index contributed by atoms with van der Waals surface area (Å²) < 4.78 is 36.7. The summed E-state index contributed by atoms with van der Waals surface area (Å²) in [5.74, 6) is 5.13. The summed E-state index contributed by atoms with van der Waals surface area (Å²) in [6.07, 6.45) is -0.0787. The van der Waals surface area contributed by atoms with E-state index in [1.807, 2.05) is 71.9 Å². The summed E-state index contributed by atoms with van der Waals surface area (Å²) in [6, 6.07) is 20.5. The van der Waals surface area contributed by atoms with Crippen LogP contribution in [-0.2, 0) is 25.4 Å². The van der Waals surface area contributed by atoms with E-state index in [9.17, 15) is 9.59 Å². The molecule has 0 aliphatic carbocycles. The molecule has 6 aromatic rings. The van der Waals surface area contributed by atoms with Gasteiger partial charge in [0.1, 0.15) is 22.7 Å². The monoisotopic (exact) mass is 1220 g/mol. The number of nitrogens with one attached hydrogen (secondary N) is 2. The third kappa shape index (κ3) is 18.6. The molecule has 432 valence electrons. The lowest BCUT2D eigenvalue weighted by Gasteiger charge is -2.36. The van der Waals surface area contributed by atoms with Crippen LogP contribution in [-0.4, -0.2) is 131 Å². The zero-order valence-corrected chi connectivity index (χ0v) is 54.7. The molecule has 4 aromatic heterocycles. The average molecular weight is 1220 g/mol. The number of nitrogens with zero attached hydrogens (tertiary/aromatic N) is 6. The number of thiophene rings is 2. The van der Waals surface area contributed by atoms with Gasteiger partial charge < -0.3 is 48.2 Å². The highest BCUT2D eigenvalue weighted by Gasteiger charge is 2.40. The molecule has 6 heterocycles. The molecule has 0 spiro atoms. The van der Waals surface area contributed by atoms with Gasteiger partial charge in [0.05, 0.1) is 46.9 Å². The Labute approximate surface area is 487 Å². The molecule has 79 heavy (non-hydrogen) atoms. The number of alkyl carbamates (subject to hydrolysis) is 2. The average Bonchev–Trinajstić information content (AvgIpc) is 4.17. The summed E-state index contributed by atoms with van der Waals surface area (Å²) in [4.78, 5) is 48.6. The number of aromatic nitrogens is 4.